The van der Waals surface area contributed by atoms with Crippen LogP contribution >= 0.6 is 0 Å². The SMILES string of the molecule is NCc1nccc(N2CCS(=O)(=O)CC2)n1. The second kappa shape index (κ2) is 4.34. The van der Waals surface area contributed by atoms with Gasteiger partial charge in [0.2, 0.25) is 0 Å². The van der Waals surface area contributed by atoms with E-state index in [4.69, 9.17) is 5.73 Å². The third-order valence-corrected chi connectivity index (χ3v) is 4.15. The normalized spacial score (nSPS) is 19.7. The van der Waals surface area contributed by atoms with Crippen molar-refractivity contribution in [2.75, 3.05) is 29.5 Å². The summed E-state index contributed by atoms with van der Waals surface area (Å²) in [5.74, 6) is 1.71. The molecule has 0 spiro atoms. The van der Waals surface area contributed by atoms with Crippen molar-refractivity contribution >= 4 is 15.7 Å². The standard InChI is InChI=1S/C9H14N4O2S/c10-7-8-11-2-1-9(12-8)13-3-5-16(14,15)6-4-13/h1-2H,3-7,10H2. The molecule has 0 aliphatic carbocycles. The monoisotopic (exact) mass is 242 g/mol. The average Bonchev–Trinajstić information content (AvgIpc) is 2.29. The van der Waals surface area contributed by atoms with Crippen LogP contribution in [0.25, 0.3) is 0 Å². The van der Waals surface area contributed by atoms with E-state index in [0.29, 0.717) is 25.5 Å². The number of hydrogen-bond acceptors (Lipinski definition) is 6. The van der Waals surface area contributed by atoms with Crippen molar-refractivity contribution in [3.63, 3.8) is 0 Å². The molecule has 7 heteroatoms. The lowest BCUT2D eigenvalue weighted by atomic mass is 10.4. The molecule has 2 heterocycles. The molecule has 6 nitrogen and oxygen atoms in total. The summed E-state index contributed by atoms with van der Waals surface area (Å²) in [5, 5.41) is 0. The second-order valence-corrected chi connectivity index (χ2v) is 5.98. The number of nitrogens with two attached hydrogens (primary N) is 1. The molecule has 16 heavy (non-hydrogen) atoms. The Morgan fingerprint density at radius 1 is 1.38 bits per heavy atom. The van der Waals surface area contributed by atoms with Crippen LogP contribution in [0.3, 0.4) is 0 Å². The minimum atomic E-state index is -2.85. The molecule has 0 radical (unpaired) electrons. The molecule has 0 atom stereocenters. The van der Waals surface area contributed by atoms with E-state index in [-0.39, 0.29) is 11.5 Å². The maximum absolute atomic E-state index is 11.3. The zero-order chi connectivity index (χ0) is 11.6. The van der Waals surface area contributed by atoms with Crippen molar-refractivity contribution < 1.29 is 8.42 Å². The minimum absolute atomic E-state index is 0.189. The number of anilines is 1. The first-order valence-corrected chi connectivity index (χ1v) is 6.90. The van der Waals surface area contributed by atoms with Crippen molar-refractivity contribution in [3.8, 4) is 0 Å². The molecular formula is C9H14N4O2S. The molecule has 1 aliphatic heterocycles. The molecule has 0 unspecified atom stereocenters. The Balaban J connectivity index is 2.13. The summed E-state index contributed by atoms with van der Waals surface area (Å²) >= 11 is 0. The molecular weight excluding hydrogens is 228 g/mol. The highest BCUT2D eigenvalue weighted by Gasteiger charge is 2.22. The fourth-order valence-electron chi connectivity index (χ4n) is 1.60. The Labute approximate surface area is 94.4 Å². The summed E-state index contributed by atoms with van der Waals surface area (Å²) in [4.78, 5) is 10.2. The zero-order valence-corrected chi connectivity index (χ0v) is 9.65. The highest BCUT2D eigenvalue weighted by atomic mass is 32.2. The van der Waals surface area contributed by atoms with E-state index in [1.165, 1.54) is 0 Å². The van der Waals surface area contributed by atoms with Gasteiger partial charge in [-0.15, -0.1) is 0 Å². The van der Waals surface area contributed by atoms with Gasteiger partial charge in [-0.1, -0.05) is 0 Å². The van der Waals surface area contributed by atoms with Crippen LogP contribution in [0.15, 0.2) is 12.3 Å². The van der Waals surface area contributed by atoms with Gasteiger partial charge in [0.15, 0.2) is 9.84 Å². The summed E-state index contributed by atoms with van der Waals surface area (Å²) in [6.07, 6.45) is 1.65. The number of hydrogen-bond donors (Lipinski definition) is 1. The highest BCUT2D eigenvalue weighted by Crippen LogP contribution is 2.13. The third kappa shape index (κ3) is 2.48. The first kappa shape index (κ1) is 11.3. The van der Waals surface area contributed by atoms with Gasteiger partial charge in [0.05, 0.1) is 18.1 Å². The van der Waals surface area contributed by atoms with Crippen LogP contribution in [0, 0.1) is 0 Å². The van der Waals surface area contributed by atoms with Gasteiger partial charge >= 0.3 is 0 Å². The van der Waals surface area contributed by atoms with E-state index < -0.39 is 9.84 Å². The molecule has 2 rings (SSSR count). The van der Waals surface area contributed by atoms with Gasteiger partial charge in [-0.3, -0.25) is 0 Å². The lowest BCUT2D eigenvalue weighted by Gasteiger charge is -2.27. The van der Waals surface area contributed by atoms with Crippen LogP contribution in [-0.4, -0.2) is 43.0 Å². The first-order valence-electron chi connectivity index (χ1n) is 5.08. The molecule has 1 aromatic heterocycles. The molecule has 88 valence electrons. The predicted octanol–water partition coefficient (Wildman–Crippen LogP) is -0.830. The van der Waals surface area contributed by atoms with Crippen LogP contribution in [0.2, 0.25) is 0 Å². The summed E-state index contributed by atoms with van der Waals surface area (Å²) in [5.41, 5.74) is 5.45. The first-order chi connectivity index (χ1) is 7.61. The molecule has 1 aromatic rings. The average molecular weight is 242 g/mol. The van der Waals surface area contributed by atoms with Gasteiger partial charge in [0.1, 0.15) is 11.6 Å². The molecule has 0 bridgehead atoms. The number of sulfone groups is 1. The summed E-state index contributed by atoms with van der Waals surface area (Å²) in [7, 11) is -2.85. The summed E-state index contributed by atoms with van der Waals surface area (Å²) in [6.45, 7) is 1.27. The molecule has 0 saturated carbocycles. The van der Waals surface area contributed by atoms with E-state index in [9.17, 15) is 8.42 Å². The van der Waals surface area contributed by atoms with Crippen molar-refractivity contribution in [1.29, 1.82) is 0 Å². The van der Waals surface area contributed by atoms with Gasteiger partial charge < -0.3 is 10.6 Å². The van der Waals surface area contributed by atoms with Crippen molar-refractivity contribution in [1.82, 2.24) is 9.97 Å². The quantitative estimate of drug-likeness (QED) is 0.728. The molecule has 1 fully saturated rings. The van der Waals surface area contributed by atoms with E-state index in [1.807, 2.05) is 4.90 Å². The Morgan fingerprint density at radius 3 is 2.69 bits per heavy atom. The Bertz CT molecular complexity index is 460. The fourth-order valence-corrected chi connectivity index (χ4v) is 2.81. The predicted molar refractivity (Wildman–Crippen MR) is 60.8 cm³/mol. The molecule has 0 amide bonds. The van der Waals surface area contributed by atoms with Crippen molar-refractivity contribution in [2.45, 2.75) is 6.54 Å². The Hall–Kier alpha value is -1.21. The van der Waals surface area contributed by atoms with Crippen LogP contribution in [0.1, 0.15) is 5.82 Å². The lowest BCUT2D eigenvalue weighted by Crippen LogP contribution is -2.40. The zero-order valence-electron chi connectivity index (χ0n) is 8.83. The van der Waals surface area contributed by atoms with Crippen molar-refractivity contribution in [3.05, 3.63) is 18.1 Å². The van der Waals surface area contributed by atoms with E-state index >= 15 is 0 Å². The summed E-state index contributed by atoms with van der Waals surface area (Å²) in [6, 6.07) is 1.77. The van der Waals surface area contributed by atoms with E-state index in [1.54, 1.807) is 12.3 Å². The van der Waals surface area contributed by atoms with Gasteiger partial charge in [0, 0.05) is 19.3 Å². The number of nitrogens with zero attached hydrogens (tertiary/aromatic N) is 3. The molecule has 0 aromatic carbocycles. The molecule has 1 aliphatic rings. The van der Waals surface area contributed by atoms with Crippen LogP contribution < -0.4 is 10.6 Å². The fraction of sp³-hybridized carbons (Fsp3) is 0.556. The van der Waals surface area contributed by atoms with Gasteiger partial charge in [-0.05, 0) is 6.07 Å². The van der Waals surface area contributed by atoms with Gasteiger partial charge in [0.25, 0.3) is 0 Å². The van der Waals surface area contributed by atoms with Crippen LogP contribution in [0.5, 0.6) is 0 Å². The molecule has 1 saturated heterocycles. The largest absolute Gasteiger partial charge is 0.354 e. The van der Waals surface area contributed by atoms with Crippen LogP contribution in [-0.2, 0) is 16.4 Å². The number of aromatic nitrogens is 2. The van der Waals surface area contributed by atoms with Gasteiger partial charge in [-0.2, -0.15) is 0 Å². The van der Waals surface area contributed by atoms with Crippen LogP contribution in [0.4, 0.5) is 5.82 Å². The Kier molecular flexibility index (Phi) is 3.06. The second-order valence-electron chi connectivity index (χ2n) is 3.67. The Morgan fingerprint density at radius 2 is 2.06 bits per heavy atom. The maximum Gasteiger partial charge on any atom is 0.153 e. The van der Waals surface area contributed by atoms with E-state index in [2.05, 4.69) is 9.97 Å². The lowest BCUT2D eigenvalue weighted by molar-refractivity contribution is 0.586. The number of rotatable bonds is 2. The maximum atomic E-state index is 11.3. The van der Waals surface area contributed by atoms with Gasteiger partial charge in [-0.25, -0.2) is 18.4 Å². The van der Waals surface area contributed by atoms with Crippen molar-refractivity contribution in [2.24, 2.45) is 5.73 Å². The van der Waals surface area contributed by atoms with E-state index in [0.717, 1.165) is 5.82 Å². The third-order valence-electron chi connectivity index (χ3n) is 2.54. The highest BCUT2D eigenvalue weighted by molar-refractivity contribution is 7.91. The summed E-state index contributed by atoms with van der Waals surface area (Å²) < 4.78 is 22.5. The molecule has 2 N–H and O–H groups in total. The smallest absolute Gasteiger partial charge is 0.153 e. The topological polar surface area (TPSA) is 89.2 Å². The minimum Gasteiger partial charge on any atom is -0.354 e.